The minimum Gasteiger partial charge on any atom is -0.329 e. The second-order valence-corrected chi connectivity index (χ2v) is 5.35. The Labute approximate surface area is 85.8 Å². The monoisotopic (exact) mass is 221 g/mol. The maximum atomic E-state index is 11.7. The molecule has 1 aliphatic rings. The van der Waals surface area contributed by atoms with Gasteiger partial charge in [0, 0.05) is 25.7 Å². The summed E-state index contributed by atoms with van der Waals surface area (Å²) in [6.45, 7) is 3.22. The third-order valence-electron chi connectivity index (χ3n) is 2.48. The predicted octanol–water partition coefficient (Wildman–Crippen LogP) is -0.346. The molecule has 1 atom stereocenters. The predicted molar refractivity (Wildman–Crippen MR) is 56.0 cm³/mol. The molecular weight excluding hydrogens is 202 g/mol. The van der Waals surface area contributed by atoms with Gasteiger partial charge in [-0.25, -0.2) is 4.72 Å². The standard InChI is InChI=1S/C8H19N3O2S/c1-8-4-2-3-7-11(8)14(12,13)10-6-5-9/h8,10H,2-7,9H2,1H3. The van der Waals surface area contributed by atoms with Crippen molar-refractivity contribution in [1.29, 1.82) is 0 Å². The fourth-order valence-corrected chi connectivity index (χ4v) is 3.19. The molecule has 5 nitrogen and oxygen atoms in total. The summed E-state index contributed by atoms with van der Waals surface area (Å²) >= 11 is 0. The molecule has 1 unspecified atom stereocenters. The molecule has 0 spiro atoms. The molecule has 84 valence electrons. The lowest BCUT2D eigenvalue weighted by Crippen LogP contribution is -2.48. The first-order chi connectivity index (χ1) is 6.58. The molecule has 0 aromatic carbocycles. The number of nitrogens with two attached hydrogens (primary N) is 1. The van der Waals surface area contributed by atoms with Crippen LogP contribution < -0.4 is 10.5 Å². The fourth-order valence-electron chi connectivity index (χ4n) is 1.70. The van der Waals surface area contributed by atoms with Crippen molar-refractivity contribution in [2.75, 3.05) is 19.6 Å². The second-order valence-electron chi connectivity index (χ2n) is 3.64. The minimum atomic E-state index is -3.29. The van der Waals surface area contributed by atoms with Crippen molar-refractivity contribution in [2.45, 2.75) is 32.2 Å². The van der Waals surface area contributed by atoms with E-state index >= 15 is 0 Å². The van der Waals surface area contributed by atoms with Gasteiger partial charge in [0.15, 0.2) is 0 Å². The van der Waals surface area contributed by atoms with Crippen molar-refractivity contribution in [2.24, 2.45) is 5.73 Å². The van der Waals surface area contributed by atoms with Crippen molar-refractivity contribution in [3.63, 3.8) is 0 Å². The van der Waals surface area contributed by atoms with Gasteiger partial charge in [-0.3, -0.25) is 0 Å². The molecule has 1 rings (SSSR count). The number of piperidine rings is 1. The third-order valence-corrected chi connectivity index (χ3v) is 4.21. The Hall–Kier alpha value is -0.170. The van der Waals surface area contributed by atoms with Crippen LogP contribution in [0.4, 0.5) is 0 Å². The van der Waals surface area contributed by atoms with Crippen LogP contribution in [0.25, 0.3) is 0 Å². The largest absolute Gasteiger partial charge is 0.329 e. The van der Waals surface area contributed by atoms with Gasteiger partial charge in [0.25, 0.3) is 10.2 Å². The van der Waals surface area contributed by atoms with Crippen LogP contribution in [-0.4, -0.2) is 38.4 Å². The summed E-state index contributed by atoms with van der Waals surface area (Å²) in [7, 11) is -3.29. The Morgan fingerprint density at radius 3 is 2.79 bits per heavy atom. The van der Waals surface area contributed by atoms with Crippen LogP contribution in [0.5, 0.6) is 0 Å². The lowest BCUT2D eigenvalue weighted by Gasteiger charge is -2.32. The number of nitrogens with zero attached hydrogens (tertiary/aromatic N) is 1. The van der Waals surface area contributed by atoms with E-state index in [0.29, 0.717) is 19.6 Å². The van der Waals surface area contributed by atoms with Gasteiger partial charge >= 0.3 is 0 Å². The summed E-state index contributed by atoms with van der Waals surface area (Å²) in [4.78, 5) is 0. The van der Waals surface area contributed by atoms with E-state index in [0.717, 1.165) is 19.3 Å². The van der Waals surface area contributed by atoms with Gasteiger partial charge in [0.2, 0.25) is 0 Å². The SMILES string of the molecule is CC1CCCCN1S(=O)(=O)NCCN. The molecule has 14 heavy (non-hydrogen) atoms. The molecule has 1 saturated heterocycles. The normalized spacial score (nSPS) is 25.1. The van der Waals surface area contributed by atoms with Crippen molar-refractivity contribution in [3.05, 3.63) is 0 Å². The number of hydrogen-bond donors (Lipinski definition) is 2. The second kappa shape index (κ2) is 5.06. The van der Waals surface area contributed by atoms with Gasteiger partial charge in [-0.15, -0.1) is 0 Å². The van der Waals surface area contributed by atoms with Gasteiger partial charge in [-0.05, 0) is 19.8 Å². The highest BCUT2D eigenvalue weighted by atomic mass is 32.2. The maximum Gasteiger partial charge on any atom is 0.279 e. The van der Waals surface area contributed by atoms with Crippen molar-refractivity contribution in [1.82, 2.24) is 9.03 Å². The van der Waals surface area contributed by atoms with E-state index in [1.54, 1.807) is 0 Å². The number of hydrogen-bond acceptors (Lipinski definition) is 3. The molecule has 3 N–H and O–H groups in total. The molecule has 0 aliphatic carbocycles. The molecule has 0 bridgehead atoms. The van der Waals surface area contributed by atoms with Crippen LogP contribution in [-0.2, 0) is 10.2 Å². The number of nitrogens with one attached hydrogen (secondary N) is 1. The first-order valence-electron chi connectivity index (χ1n) is 5.04. The average Bonchev–Trinajstić information content (AvgIpc) is 2.15. The Bertz CT molecular complexity index is 266. The molecule has 1 fully saturated rings. The number of rotatable bonds is 4. The van der Waals surface area contributed by atoms with E-state index in [9.17, 15) is 8.42 Å². The molecule has 1 heterocycles. The summed E-state index contributed by atoms with van der Waals surface area (Å²) in [6, 6.07) is 0.110. The van der Waals surface area contributed by atoms with Crippen LogP contribution in [0, 0.1) is 0 Å². The van der Waals surface area contributed by atoms with Gasteiger partial charge in [0.1, 0.15) is 0 Å². The minimum absolute atomic E-state index is 0.110. The van der Waals surface area contributed by atoms with Crippen molar-refractivity contribution >= 4 is 10.2 Å². The molecule has 0 aromatic heterocycles. The first kappa shape index (κ1) is 11.9. The van der Waals surface area contributed by atoms with Crippen molar-refractivity contribution < 1.29 is 8.42 Å². The van der Waals surface area contributed by atoms with Gasteiger partial charge in [0.05, 0.1) is 0 Å². The molecule has 0 saturated carbocycles. The quantitative estimate of drug-likeness (QED) is 0.681. The summed E-state index contributed by atoms with van der Waals surface area (Å²) in [6.07, 6.45) is 3.02. The van der Waals surface area contributed by atoms with Crippen LogP contribution in [0.15, 0.2) is 0 Å². The molecule has 0 amide bonds. The zero-order valence-electron chi connectivity index (χ0n) is 8.57. The van der Waals surface area contributed by atoms with E-state index in [1.807, 2.05) is 6.92 Å². The lowest BCUT2D eigenvalue weighted by molar-refractivity contribution is 0.265. The van der Waals surface area contributed by atoms with Crippen LogP contribution in [0.1, 0.15) is 26.2 Å². The Kier molecular flexibility index (Phi) is 4.31. The summed E-state index contributed by atoms with van der Waals surface area (Å²) in [5, 5.41) is 0. The Morgan fingerprint density at radius 1 is 1.50 bits per heavy atom. The molecule has 6 heteroatoms. The van der Waals surface area contributed by atoms with Gasteiger partial charge in [-0.2, -0.15) is 12.7 Å². The zero-order chi connectivity index (χ0) is 10.6. The summed E-state index contributed by atoms with van der Waals surface area (Å²) < 4.78 is 27.4. The van der Waals surface area contributed by atoms with Crippen LogP contribution in [0.3, 0.4) is 0 Å². The van der Waals surface area contributed by atoms with Crippen molar-refractivity contribution in [3.8, 4) is 0 Å². The molecular formula is C8H19N3O2S. The van der Waals surface area contributed by atoms with E-state index in [-0.39, 0.29) is 6.04 Å². The highest BCUT2D eigenvalue weighted by Gasteiger charge is 2.28. The lowest BCUT2D eigenvalue weighted by atomic mass is 10.1. The molecule has 0 aromatic rings. The molecule has 1 aliphatic heterocycles. The highest BCUT2D eigenvalue weighted by Crippen LogP contribution is 2.18. The van der Waals surface area contributed by atoms with E-state index in [4.69, 9.17) is 5.73 Å². The highest BCUT2D eigenvalue weighted by molar-refractivity contribution is 7.87. The Morgan fingerprint density at radius 2 is 2.21 bits per heavy atom. The average molecular weight is 221 g/mol. The maximum absolute atomic E-state index is 11.7. The summed E-state index contributed by atoms with van der Waals surface area (Å²) in [5.74, 6) is 0. The van der Waals surface area contributed by atoms with E-state index < -0.39 is 10.2 Å². The van der Waals surface area contributed by atoms with Gasteiger partial charge < -0.3 is 5.73 Å². The van der Waals surface area contributed by atoms with E-state index in [1.165, 1.54) is 4.31 Å². The Balaban J connectivity index is 2.60. The van der Waals surface area contributed by atoms with Crippen LogP contribution in [0.2, 0.25) is 0 Å². The first-order valence-corrected chi connectivity index (χ1v) is 6.48. The summed E-state index contributed by atoms with van der Waals surface area (Å²) in [5.41, 5.74) is 5.25. The zero-order valence-corrected chi connectivity index (χ0v) is 9.39. The smallest absolute Gasteiger partial charge is 0.279 e. The van der Waals surface area contributed by atoms with E-state index in [2.05, 4.69) is 4.72 Å². The molecule has 0 radical (unpaired) electrons. The topological polar surface area (TPSA) is 75.4 Å². The van der Waals surface area contributed by atoms with Gasteiger partial charge in [-0.1, -0.05) is 6.42 Å². The fraction of sp³-hybridized carbons (Fsp3) is 1.00. The third kappa shape index (κ3) is 2.91. The van der Waals surface area contributed by atoms with Crippen LogP contribution >= 0.6 is 0 Å².